The molecule has 9 heteroatoms. The maximum atomic E-state index is 13.8. The normalized spacial score (nSPS) is 18.3. The Balaban J connectivity index is 1.83. The van der Waals surface area contributed by atoms with Crippen LogP contribution in [0.2, 0.25) is 0 Å². The van der Waals surface area contributed by atoms with Crippen LogP contribution in [0.5, 0.6) is 0 Å². The fourth-order valence-corrected chi connectivity index (χ4v) is 4.87. The number of para-hydroxylation sites is 1. The number of nitrogens with one attached hydrogen (secondary N) is 1. The zero-order chi connectivity index (χ0) is 19.6. The number of hydrogen-bond donors (Lipinski definition) is 1. The van der Waals surface area contributed by atoms with Crippen LogP contribution in [-0.4, -0.2) is 48.3 Å². The third-order valence-electron chi connectivity index (χ3n) is 4.47. The fraction of sp³-hybridized carbons (Fsp3) is 0.333. The topological polar surface area (TPSA) is 79.4 Å². The van der Waals surface area contributed by atoms with Crippen LogP contribution in [0, 0.1) is 11.6 Å². The van der Waals surface area contributed by atoms with Crippen molar-refractivity contribution in [2.75, 3.05) is 23.4 Å². The molecule has 1 saturated heterocycles. The summed E-state index contributed by atoms with van der Waals surface area (Å²) in [7, 11) is -3.13. The number of nitrogens with zero attached hydrogens (tertiary/aromatic N) is 2. The molecule has 1 aromatic carbocycles. The zero-order valence-corrected chi connectivity index (χ0v) is 15.5. The lowest BCUT2D eigenvalue weighted by Gasteiger charge is -2.27. The average Bonchev–Trinajstić information content (AvgIpc) is 2.99. The summed E-state index contributed by atoms with van der Waals surface area (Å²) in [6.07, 6.45) is 3.09. The Morgan fingerprint density at radius 3 is 2.59 bits per heavy atom. The van der Waals surface area contributed by atoms with Gasteiger partial charge in [0, 0.05) is 18.8 Å². The fourth-order valence-electron chi connectivity index (χ4n) is 3.14. The standard InChI is InChI=1S/C18H19F2N3O3S/c1-2-23(14-6-7-27(25,26)11-14)18(24)12-8-13(10-21-9-12)22-17-15(19)4-3-5-16(17)20/h3-5,8-10,14,22H,2,6-7,11H2,1H3. The van der Waals surface area contributed by atoms with E-state index in [2.05, 4.69) is 10.3 Å². The van der Waals surface area contributed by atoms with Crippen molar-refractivity contribution in [1.82, 2.24) is 9.88 Å². The number of carbonyl (C=O) groups is 1. The minimum Gasteiger partial charge on any atom is -0.349 e. The van der Waals surface area contributed by atoms with E-state index < -0.39 is 21.5 Å². The second-order valence-corrected chi connectivity index (χ2v) is 8.56. The molecule has 1 aromatic heterocycles. The van der Waals surface area contributed by atoms with E-state index in [-0.39, 0.29) is 40.4 Å². The highest BCUT2D eigenvalue weighted by Crippen LogP contribution is 2.24. The number of rotatable bonds is 5. The molecule has 1 aliphatic heterocycles. The molecule has 1 unspecified atom stereocenters. The Kier molecular flexibility index (Phi) is 5.41. The Morgan fingerprint density at radius 2 is 2.00 bits per heavy atom. The van der Waals surface area contributed by atoms with Crippen LogP contribution in [0.15, 0.2) is 36.7 Å². The molecule has 6 nitrogen and oxygen atoms in total. The molecule has 0 radical (unpaired) electrons. The zero-order valence-electron chi connectivity index (χ0n) is 14.7. The predicted molar refractivity (Wildman–Crippen MR) is 97.6 cm³/mol. The number of carbonyl (C=O) groups excluding carboxylic acids is 1. The van der Waals surface area contributed by atoms with Crippen LogP contribution in [0.25, 0.3) is 0 Å². The lowest BCUT2D eigenvalue weighted by Crippen LogP contribution is -2.41. The van der Waals surface area contributed by atoms with Gasteiger partial charge in [0.25, 0.3) is 5.91 Å². The van der Waals surface area contributed by atoms with Gasteiger partial charge in [0.2, 0.25) is 0 Å². The van der Waals surface area contributed by atoms with Crippen LogP contribution in [0.3, 0.4) is 0 Å². The van der Waals surface area contributed by atoms with Crippen molar-refractivity contribution in [3.8, 4) is 0 Å². The molecule has 144 valence electrons. The second-order valence-electron chi connectivity index (χ2n) is 6.33. The van der Waals surface area contributed by atoms with Gasteiger partial charge in [0.15, 0.2) is 9.84 Å². The number of halogens is 2. The first-order valence-electron chi connectivity index (χ1n) is 8.48. The van der Waals surface area contributed by atoms with Crippen molar-refractivity contribution in [2.24, 2.45) is 0 Å². The van der Waals surface area contributed by atoms with Gasteiger partial charge in [-0.3, -0.25) is 9.78 Å². The highest BCUT2D eigenvalue weighted by Gasteiger charge is 2.34. The summed E-state index contributed by atoms with van der Waals surface area (Å²) in [5.74, 6) is -1.90. The molecule has 1 amide bonds. The maximum absolute atomic E-state index is 13.8. The van der Waals surface area contributed by atoms with Gasteiger partial charge in [-0.15, -0.1) is 0 Å². The van der Waals surface area contributed by atoms with E-state index in [1.165, 1.54) is 29.4 Å². The Morgan fingerprint density at radius 1 is 1.30 bits per heavy atom. The molecule has 1 fully saturated rings. The summed E-state index contributed by atoms with van der Waals surface area (Å²) in [4.78, 5) is 18.3. The minimum absolute atomic E-state index is 0.0572. The van der Waals surface area contributed by atoms with Crippen molar-refractivity contribution < 1.29 is 22.0 Å². The molecule has 2 aromatic rings. The maximum Gasteiger partial charge on any atom is 0.255 e. The number of anilines is 2. The number of aromatic nitrogens is 1. The monoisotopic (exact) mass is 395 g/mol. The molecule has 27 heavy (non-hydrogen) atoms. The first-order valence-corrected chi connectivity index (χ1v) is 10.3. The molecule has 3 rings (SSSR count). The van der Waals surface area contributed by atoms with Crippen LogP contribution < -0.4 is 5.32 Å². The SMILES string of the molecule is CCN(C(=O)c1cncc(Nc2c(F)cccc2F)c1)C1CCS(=O)(=O)C1. The van der Waals surface area contributed by atoms with Gasteiger partial charge in [0.1, 0.15) is 17.3 Å². The first kappa shape index (κ1) is 19.2. The van der Waals surface area contributed by atoms with E-state index in [0.29, 0.717) is 13.0 Å². The van der Waals surface area contributed by atoms with E-state index in [0.717, 1.165) is 12.1 Å². The minimum atomic E-state index is -3.13. The highest BCUT2D eigenvalue weighted by atomic mass is 32.2. The quantitative estimate of drug-likeness (QED) is 0.842. The van der Waals surface area contributed by atoms with Crippen LogP contribution >= 0.6 is 0 Å². The molecule has 0 spiro atoms. The number of amides is 1. The third kappa shape index (κ3) is 4.24. The van der Waals surface area contributed by atoms with Crippen molar-refractivity contribution in [1.29, 1.82) is 0 Å². The van der Waals surface area contributed by atoms with E-state index in [1.807, 2.05) is 0 Å². The highest BCUT2D eigenvalue weighted by molar-refractivity contribution is 7.91. The van der Waals surface area contributed by atoms with Gasteiger partial charge in [0.05, 0.1) is 29.0 Å². The molecular formula is C18H19F2N3O3S. The van der Waals surface area contributed by atoms with Gasteiger partial charge in [-0.2, -0.15) is 0 Å². The molecule has 1 N–H and O–H groups in total. The van der Waals surface area contributed by atoms with Gasteiger partial charge < -0.3 is 10.2 Å². The summed E-state index contributed by atoms with van der Waals surface area (Å²) in [5, 5.41) is 2.60. The van der Waals surface area contributed by atoms with E-state index in [1.54, 1.807) is 6.92 Å². The molecule has 1 aliphatic rings. The largest absolute Gasteiger partial charge is 0.349 e. The summed E-state index contributed by atoms with van der Waals surface area (Å²) in [6, 6.07) is 4.55. The van der Waals surface area contributed by atoms with E-state index >= 15 is 0 Å². The average molecular weight is 395 g/mol. The molecular weight excluding hydrogens is 376 g/mol. The Hall–Kier alpha value is -2.55. The lowest BCUT2D eigenvalue weighted by molar-refractivity contribution is 0.0708. The molecule has 0 bridgehead atoms. The summed E-state index contributed by atoms with van der Waals surface area (Å²) < 4.78 is 51.0. The molecule has 2 heterocycles. The lowest BCUT2D eigenvalue weighted by atomic mass is 10.1. The number of sulfone groups is 1. The van der Waals surface area contributed by atoms with Crippen LogP contribution in [-0.2, 0) is 9.84 Å². The molecule has 1 atom stereocenters. The first-order chi connectivity index (χ1) is 12.8. The van der Waals surface area contributed by atoms with E-state index in [9.17, 15) is 22.0 Å². The van der Waals surface area contributed by atoms with Crippen LogP contribution in [0.4, 0.5) is 20.2 Å². The smallest absolute Gasteiger partial charge is 0.255 e. The second kappa shape index (κ2) is 7.59. The van der Waals surface area contributed by atoms with Crippen molar-refractivity contribution in [3.63, 3.8) is 0 Å². The van der Waals surface area contributed by atoms with Gasteiger partial charge in [-0.05, 0) is 31.5 Å². The molecule has 0 saturated carbocycles. The predicted octanol–water partition coefficient (Wildman–Crippen LogP) is 2.75. The number of benzene rings is 1. The van der Waals surface area contributed by atoms with E-state index in [4.69, 9.17) is 0 Å². The Bertz CT molecular complexity index is 946. The summed E-state index contributed by atoms with van der Waals surface area (Å²) in [6.45, 7) is 2.12. The van der Waals surface area contributed by atoms with Crippen LogP contribution in [0.1, 0.15) is 23.7 Å². The summed E-state index contributed by atoms with van der Waals surface area (Å²) in [5.41, 5.74) is 0.126. The van der Waals surface area contributed by atoms with Crippen molar-refractivity contribution >= 4 is 27.1 Å². The number of pyridine rings is 1. The van der Waals surface area contributed by atoms with Crippen molar-refractivity contribution in [2.45, 2.75) is 19.4 Å². The number of hydrogen-bond acceptors (Lipinski definition) is 5. The van der Waals surface area contributed by atoms with Gasteiger partial charge in [-0.25, -0.2) is 17.2 Å². The van der Waals surface area contributed by atoms with Crippen molar-refractivity contribution in [3.05, 3.63) is 53.9 Å². The van der Waals surface area contributed by atoms with Gasteiger partial charge in [-0.1, -0.05) is 6.07 Å². The Labute approximate surface area is 156 Å². The molecule has 0 aliphatic carbocycles. The van der Waals surface area contributed by atoms with Gasteiger partial charge >= 0.3 is 0 Å². The summed E-state index contributed by atoms with van der Waals surface area (Å²) >= 11 is 0. The third-order valence-corrected chi connectivity index (χ3v) is 6.22.